The summed E-state index contributed by atoms with van der Waals surface area (Å²) >= 11 is 0. The molecular weight excluding hydrogens is 302 g/mol. The molecule has 0 saturated carbocycles. The number of halogens is 2. The Balaban J connectivity index is 2.14. The van der Waals surface area contributed by atoms with Crippen molar-refractivity contribution in [3.05, 3.63) is 52.1 Å². The smallest absolute Gasteiger partial charge is 0.319 e. The largest absolute Gasteiger partial charge is 0.507 e. The number of non-ortho nitro benzene ring substituents is 1. The number of phenolic OH excluding ortho intramolecular Hbond substituents is 1. The average Bonchev–Trinajstić information content (AvgIpc) is 2.93. The quantitative estimate of drug-likeness (QED) is 0.646. The molecule has 2 aromatic rings. The lowest BCUT2D eigenvalue weighted by Crippen LogP contribution is -2.25. The van der Waals surface area contributed by atoms with Crippen molar-refractivity contribution in [1.82, 2.24) is 14.9 Å². The number of amides is 1. The van der Waals surface area contributed by atoms with Gasteiger partial charge >= 0.3 is 6.55 Å². The molecule has 8 nitrogen and oxygen atoms in total. The second kappa shape index (κ2) is 6.16. The zero-order valence-corrected chi connectivity index (χ0v) is 10.9. The van der Waals surface area contributed by atoms with E-state index in [9.17, 15) is 28.8 Å². The summed E-state index contributed by atoms with van der Waals surface area (Å²) < 4.78 is 25.8. The molecule has 116 valence electrons. The summed E-state index contributed by atoms with van der Waals surface area (Å²) in [6, 6.07) is 2.94. The topological polar surface area (TPSA) is 110 Å². The van der Waals surface area contributed by atoms with Crippen molar-refractivity contribution in [3.63, 3.8) is 0 Å². The number of nitro benzene ring substituents is 1. The molecule has 0 spiro atoms. The molecule has 0 aliphatic rings. The Labute approximate surface area is 122 Å². The molecular formula is C12H10F2N4O4. The van der Waals surface area contributed by atoms with Gasteiger partial charge in [-0.3, -0.25) is 19.5 Å². The molecule has 0 radical (unpaired) electrons. The van der Waals surface area contributed by atoms with E-state index < -0.39 is 23.1 Å². The van der Waals surface area contributed by atoms with Gasteiger partial charge in [-0.1, -0.05) is 0 Å². The molecule has 22 heavy (non-hydrogen) atoms. The van der Waals surface area contributed by atoms with Crippen LogP contribution in [0.15, 0.2) is 30.6 Å². The third-order valence-electron chi connectivity index (χ3n) is 2.80. The lowest BCUT2D eigenvalue weighted by Gasteiger charge is -2.08. The Morgan fingerprint density at radius 3 is 2.86 bits per heavy atom. The van der Waals surface area contributed by atoms with Gasteiger partial charge in [0.1, 0.15) is 11.6 Å². The maximum atomic E-state index is 12.6. The highest BCUT2D eigenvalue weighted by Gasteiger charge is 2.18. The number of benzene rings is 1. The van der Waals surface area contributed by atoms with Gasteiger partial charge in [0, 0.05) is 24.5 Å². The lowest BCUT2D eigenvalue weighted by atomic mass is 10.1. The summed E-state index contributed by atoms with van der Waals surface area (Å²) in [5.74, 6) is -1.39. The first-order valence-electron chi connectivity index (χ1n) is 5.95. The van der Waals surface area contributed by atoms with E-state index in [1.807, 2.05) is 0 Å². The fraction of sp³-hybridized carbons (Fsp3) is 0.167. The number of hydrogen-bond acceptors (Lipinski definition) is 5. The van der Waals surface area contributed by atoms with Crippen molar-refractivity contribution in [3.8, 4) is 5.75 Å². The number of hydrogen-bond donors (Lipinski definition) is 2. The number of rotatable bonds is 5. The van der Waals surface area contributed by atoms with E-state index in [0.717, 1.165) is 30.6 Å². The van der Waals surface area contributed by atoms with E-state index in [0.29, 0.717) is 4.57 Å². The van der Waals surface area contributed by atoms with Crippen LogP contribution >= 0.6 is 0 Å². The highest BCUT2D eigenvalue weighted by molar-refractivity contribution is 5.97. The van der Waals surface area contributed by atoms with Crippen LogP contribution in [0.2, 0.25) is 0 Å². The number of nitrogens with zero attached hydrogens (tertiary/aromatic N) is 3. The second-order valence-corrected chi connectivity index (χ2v) is 4.17. The number of alkyl halides is 2. The third-order valence-corrected chi connectivity index (χ3v) is 2.80. The fourth-order valence-corrected chi connectivity index (χ4v) is 1.73. The number of nitrogens with one attached hydrogen (secondary N) is 1. The fourth-order valence-electron chi connectivity index (χ4n) is 1.73. The van der Waals surface area contributed by atoms with Crippen LogP contribution in [0, 0.1) is 10.1 Å². The summed E-state index contributed by atoms with van der Waals surface area (Å²) in [6.07, 6.45) is 2.20. The van der Waals surface area contributed by atoms with Crippen molar-refractivity contribution in [2.45, 2.75) is 13.1 Å². The van der Waals surface area contributed by atoms with Crippen LogP contribution in [0.4, 0.5) is 14.5 Å². The minimum atomic E-state index is -2.80. The maximum Gasteiger partial charge on any atom is 0.319 e. The van der Waals surface area contributed by atoms with Gasteiger partial charge in [0.15, 0.2) is 0 Å². The molecule has 0 atom stereocenters. The van der Waals surface area contributed by atoms with Crippen molar-refractivity contribution < 1.29 is 23.6 Å². The number of aromatic nitrogens is 2. The molecule has 0 unspecified atom stereocenters. The normalized spacial score (nSPS) is 10.7. The van der Waals surface area contributed by atoms with Gasteiger partial charge in [-0.05, 0) is 6.07 Å². The van der Waals surface area contributed by atoms with Gasteiger partial charge in [-0.15, -0.1) is 0 Å². The number of aromatic hydroxyl groups is 1. The van der Waals surface area contributed by atoms with E-state index in [4.69, 9.17) is 0 Å². The van der Waals surface area contributed by atoms with Crippen LogP contribution < -0.4 is 5.32 Å². The summed E-state index contributed by atoms with van der Waals surface area (Å²) in [6.45, 7) is -3.13. The average molecular weight is 312 g/mol. The number of carbonyl (C=O) groups is 1. The van der Waals surface area contributed by atoms with Gasteiger partial charge in [-0.25, -0.2) is 4.98 Å². The summed E-state index contributed by atoms with van der Waals surface area (Å²) in [5, 5.41) is 22.5. The van der Waals surface area contributed by atoms with Crippen LogP contribution in [0.3, 0.4) is 0 Å². The minimum Gasteiger partial charge on any atom is -0.507 e. The molecule has 1 aromatic heterocycles. The lowest BCUT2D eigenvalue weighted by molar-refractivity contribution is -0.384. The molecule has 0 fully saturated rings. The Morgan fingerprint density at radius 2 is 2.23 bits per heavy atom. The van der Waals surface area contributed by atoms with E-state index in [1.54, 1.807) is 0 Å². The van der Waals surface area contributed by atoms with Crippen LogP contribution in [-0.4, -0.2) is 25.5 Å². The highest BCUT2D eigenvalue weighted by atomic mass is 19.3. The molecule has 1 aromatic carbocycles. The van der Waals surface area contributed by atoms with E-state index in [1.165, 1.54) is 0 Å². The van der Waals surface area contributed by atoms with Gasteiger partial charge in [-0.2, -0.15) is 8.78 Å². The molecule has 0 saturated heterocycles. The first-order chi connectivity index (χ1) is 10.4. The van der Waals surface area contributed by atoms with Crippen LogP contribution in [0.5, 0.6) is 5.75 Å². The van der Waals surface area contributed by atoms with E-state index in [-0.39, 0.29) is 23.6 Å². The summed E-state index contributed by atoms with van der Waals surface area (Å²) in [7, 11) is 0. The zero-order chi connectivity index (χ0) is 16.3. The van der Waals surface area contributed by atoms with Crippen LogP contribution in [-0.2, 0) is 6.54 Å². The minimum absolute atomic E-state index is 0.0896. The molecule has 0 bridgehead atoms. The SMILES string of the molecule is O=C(NCc1nccn1C(F)F)c1cc([N+](=O)[O-])ccc1O. The van der Waals surface area contributed by atoms with Gasteiger partial charge < -0.3 is 10.4 Å². The third kappa shape index (κ3) is 3.16. The molecule has 10 heteroatoms. The molecule has 2 N–H and O–H groups in total. The second-order valence-electron chi connectivity index (χ2n) is 4.17. The predicted molar refractivity (Wildman–Crippen MR) is 69.4 cm³/mol. The molecule has 0 aliphatic carbocycles. The zero-order valence-electron chi connectivity index (χ0n) is 10.9. The van der Waals surface area contributed by atoms with E-state index in [2.05, 4.69) is 10.3 Å². The van der Waals surface area contributed by atoms with Gasteiger partial charge in [0.05, 0.1) is 17.0 Å². The molecule has 1 heterocycles. The predicted octanol–water partition coefficient (Wildman–Crippen LogP) is 1.82. The Bertz CT molecular complexity index is 717. The van der Waals surface area contributed by atoms with E-state index >= 15 is 0 Å². The van der Waals surface area contributed by atoms with Crippen molar-refractivity contribution in [2.75, 3.05) is 0 Å². The Morgan fingerprint density at radius 1 is 1.50 bits per heavy atom. The van der Waals surface area contributed by atoms with Gasteiger partial charge in [0.2, 0.25) is 0 Å². The monoisotopic (exact) mass is 312 g/mol. The standard InChI is InChI=1S/C12H10F2N4O4/c13-12(14)17-4-3-15-10(17)6-16-11(20)8-5-7(18(21)22)1-2-9(8)19/h1-5,12,19H,6H2,(H,16,20). The molecule has 2 rings (SSSR count). The number of carbonyl (C=O) groups excluding carboxylic acids is 1. The van der Waals surface area contributed by atoms with Crippen LogP contribution in [0.1, 0.15) is 22.7 Å². The maximum absolute atomic E-state index is 12.6. The number of nitro groups is 1. The summed E-state index contributed by atoms with van der Waals surface area (Å²) in [4.78, 5) is 25.5. The first kappa shape index (κ1) is 15.4. The van der Waals surface area contributed by atoms with Crippen molar-refractivity contribution in [1.29, 1.82) is 0 Å². The molecule has 1 amide bonds. The van der Waals surface area contributed by atoms with Crippen molar-refractivity contribution >= 4 is 11.6 Å². The Kier molecular flexibility index (Phi) is 4.30. The summed E-state index contributed by atoms with van der Waals surface area (Å²) in [5.41, 5.74) is -0.707. The van der Waals surface area contributed by atoms with Gasteiger partial charge in [0.25, 0.3) is 11.6 Å². The Hall–Kier alpha value is -3.04. The number of imidazole rings is 1. The van der Waals surface area contributed by atoms with Crippen molar-refractivity contribution in [2.24, 2.45) is 0 Å². The first-order valence-corrected chi connectivity index (χ1v) is 5.95. The molecule has 0 aliphatic heterocycles. The highest BCUT2D eigenvalue weighted by Crippen LogP contribution is 2.23. The number of phenols is 1. The van der Waals surface area contributed by atoms with Crippen LogP contribution in [0.25, 0.3) is 0 Å².